The zero-order valence-electron chi connectivity index (χ0n) is 12.7. The van der Waals surface area contributed by atoms with Gasteiger partial charge in [-0.2, -0.15) is 0 Å². The Morgan fingerprint density at radius 2 is 2.09 bits per heavy atom. The van der Waals surface area contributed by atoms with Gasteiger partial charge in [0.05, 0.1) is 5.56 Å². The van der Waals surface area contributed by atoms with E-state index in [-0.39, 0.29) is 5.56 Å². The second-order valence-corrected chi connectivity index (χ2v) is 5.62. The number of rotatable bonds is 4. The molecule has 0 bridgehead atoms. The van der Waals surface area contributed by atoms with Gasteiger partial charge < -0.3 is 9.88 Å². The molecule has 1 aliphatic heterocycles. The molecule has 0 aliphatic carbocycles. The molecule has 0 saturated heterocycles. The van der Waals surface area contributed by atoms with Crippen molar-refractivity contribution in [1.82, 2.24) is 20.1 Å². The molecule has 122 valence electrons. The van der Waals surface area contributed by atoms with E-state index in [0.717, 1.165) is 55.7 Å². The van der Waals surface area contributed by atoms with Crippen molar-refractivity contribution in [3.63, 3.8) is 0 Å². The number of hydrogen-bond acceptors (Lipinski definition) is 3. The summed E-state index contributed by atoms with van der Waals surface area (Å²) in [5, 5.41) is 11.0. The van der Waals surface area contributed by atoms with Crippen molar-refractivity contribution in [1.29, 1.82) is 0 Å². The van der Waals surface area contributed by atoms with Crippen LogP contribution >= 0.6 is 0 Å². The normalized spacial score (nSPS) is 14.2. The van der Waals surface area contributed by atoms with Gasteiger partial charge in [0.2, 0.25) is 0 Å². The zero-order chi connectivity index (χ0) is 16.2. The third-order valence-electron chi connectivity index (χ3n) is 3.99. The van der Waals surface area contributed by atoms with Gasteiger partial charge in [0.1, 0.15) is 23.3 Å². The van der Waals surface area contributed by atoms with Crippen LogP contribution in [-0.2, 0) is 19.4 Å². The highest BCUT2D eigenvalue weighted by molar-refractivity contribution is 5.94. The highest BCUT2D eigenvalue weighted by Gasteiger charge is 2.16. The molecule has 0 unspecified atom stereocenters. The molecule has 0 spiro atoms. The molecule has 2 heterocycles. The van der Waals surface area contributed by atoms with Gasteiger partial charge in [-0.25, -0.2) is 8.78 Å². The van der Waals surface area contributed by atoms with Crippen LogP contribution in [0, 0.1) is 11.6 Å². The number of benzene rings is 1. The van der Waals surface area contributed by atoms with Crippen LogP contribution in [0.3, 0.4) is 0 Å². The van der Waals surface area contributed by atoms with Crippen LogP contribution in [-0.4, -0.2) is 27.2 Å². The molecule has 1 amide bonds. The SMILES string of the molecule is O=C(NCCc1nnc2n1CCCCC2)c1cc(F)ccc1F. The van der Waals surface area contributed by atoms with E-state index < -0.39 is 17.5 Å². The molecule has 1 aromatic heterocycles. The molecule has 2 aromatic rings. The monoisotopic (exact) mass is 320 g/mol. The number of nitrogens with one attached hydrogen (secondary N) is 1. The number of fused-ring (bicyclic) bond motifs is 1. The molecular weight excluding hydrogens is 302 g/mol. The number of aryl methyl sites for hydroxylation is 1. The number of nitrogens with zero attached hydrogens (tertiary/aromatic N) is 3. The summed E-state index contributed by atoms with van der Waals surface area (Å²) in [6.45, 7) is 1.19. The Hall–Kier alpha value is -2.31. The summed E-state index contributed by atoms with van der Waals surface area (Å²) in [6.07, 6.45) is 4.83. The summed E-state index contributed by atoms with van der Waals surface area (Å²) in [5.74, 6) is -0.195. The quantitative estimate of drug-likeness (QED) is 0.940. The molecule has 0 fully saturated rings. The Morgan fingerprint density at radius 1 is 1.22 bits per heavy atom. The predicted molar refractivity (Wildman–Crippen MR) is 80.0 cm³/mol. The highest BCUT2D eigenvalue weighted by atomic mass is 19.1. The van der Waals surface area contributed by atoms with Crippen molar-refractivity contribution in [3.8, 4) is 0 Å². The van der Waals surface area contributed by atoms with E-state index in [0.29, 0.717) is 13.0 Å². The maximum absolute atomic E-state index is 13.5. The van der Waals surface area contributed by atoms with Crippen molar-refractivity contribution in [2.45, 2.75) is 38.6 Å². The lowest BCUT2D eigenvalue weighted by Crippen LogP contribution is -2.27. The molecule has 23 heavy (non-hydrogen) atoms. The van der Waals surface area contributed by atoms with Gasteiger partial charge in [0, 0.05) is 25.9 Å². The zero-order valence-corrected chi connectivity index (χ0v) is 12.7. The summed E-state index contributed by atoms with van der Waals surface area (Å²) < 4.78 is 28.7. The van der Waals surface area contributed by atoms with Gasteiger partial charge in [-0.1, -0.05) is 6.42 Å². The van der Waals surface area contributed by atoms with Gasteiger partial charge in [-0.05, 0) is 31.0 Å². The Balaban J connectivity index is 1.60. The summed E-state index contributed by atoms with van der Waals surface area (Å²) in [5.41, 5.74) is -0.287. The van der Waals surface area contributed by atoms with Crippen LogP contribution in [0.1, 0.15) is 41.3 Å². The number of amides is 1. The van der Waals surface area contributed by atoms with Crippen molar-refractivity contribution in [2.24, 2.45) is 0 Å². The van der Waals surface area contributed by atoms with Gasteiger partial charge >= 0.3 is 0 Å². The lowest BCUT2D eigenvalue weighted by molar-refractivity contribution is 0.0949. The fourth-order valence-electron chi connectivity index (χ4n) is 2.78. The first kappa shape index (κ1) is 15.6. The minimum absolute atomic E-state index is 0.287. The number of halogens is 2. The van der Waals surface area contributed by atoms with Crippen molar-refractivity contribution in [3.05, 3.63) is 47.0 Å². The van der Waals surface area contributed by atoms with E-state index in [9.17, 15) is 13.6 Å². The van der Waals surface area contributed by atoms with Gasteiger partial charge in [-0.3, -0.25) is 4.79 Å². The van der Waals surface area contributed by atoms with E-state index in [4.69, 9.17) is 0 Å². The summed E-state index contributed by atoms with van der Waals surface area (Å²) >= 11 is 0. The highest BCUT2D eigenvalue weighted by Crippen LogP contribution is 2.14. The van der Waals surface area contributed by atoms with E-state index in [1.54, 1.807) is 0 Å². The summed E-state index contributed by atoms with van der Waals surface area (Å²) in [6, 6.07) is 2.83. The average Bonchev–Trinajstić information content (AvgIpc) is 2.77. The number of hydrogen-bond donors (Lipinski definition) is 1. The van der Waals surface area contributed by atoms with E-state index in [2.05, 4.69) is 20.1 Å². The lowest BCUT2D eigenvalue weighted by Gasteiger charge is -2.08. The number of carbonyl (C=O) groups is 1. The van der Waals surface area contributed by atoms with Crippen LogP contribution in [0.25, 0.3) is 0 Å². The topological polar surface area (TPSA) is 59.8 Å². The average molecular weight is 320 g/mol. The van der Waals surface area contributed by atoms with E-state index in [1.807, 2.05) is 0 Å². The minimum atomic E-state index is -0.736. The fourth-order valence-corrected chi connectivity index (χ4v) is 2.78. The van der Waals surface area contributed by atoms with Gasteiger partial charge in [0.15, 0.2) is 0 Å². The van der Waals surface area contributed by atoms with Crippen LogP contribution in [0.5, 0.6) is 0 Å². The second kappa shape index (κ2) is 6.85. The third kappa shape index (κ3) is 3.55. The Kier molecular flexibility index (Phi) is 4.64. The molecule has 0 saturated carbocycles. The van der Waals surface area contributed by atoms with E-state index >= 15 is 0 Å². The first-order chi connectivity index (χ1) is 11.1. The Morgan fingerprint density at radius 3 is 2.96 bits per heavy atom. The first-order valence-corrected chi connectivity index (χ1v) is 7.79. The Labute approximate surface area is 132 Å². The predicted octanol–water partition coefficient (Wildman–Crippen LogP) is 2.26. The van der Waals surface area contributed by atoms with Crippen LogP contribution in [0.15, 0.2) is 18.2 Å². The first-order valence-electron chi connectivity index (χ1n) is 7.79. The van der Waals surface area contributed by atoms with E-state index in [1.165, 1.54) is 6.42 Å². The second-order valence-electron chi connectivity index (χ2n) is 5.62. The van der Waals surface area contributed by atoms with Gasteiger partial charge in [0.25, 0.3) is 5.91 Å². The standard InChI is InChI=1S/C16H18F2N4O/c17-11-5-6-13(18)12(10-11)16(23)19-8-7-15-21-20-14-4-2-1-3-9-22(14)15/h5-6,10H,1-4,7-9H2,(H,19,23). The number of carbonyl (C=O) groups excluding carboxylic acids is 1. The van der Waals surface area contributed by atoms with Gasteiger partial charge in [-0.15, -0.1) is 10.2 Å². The summed E-state index contributed by atoms with van der Waals surface area (Å²) in [7, 11) is 0. The molecule has 3 rings (SSSR count). The molecule has 0 atom stereocenters. The fraction of sp³-hybridized carbons (Fsp3) is 0.438. The van der Waals surface area contributed by atoms with Crippen molar-refractivity contribution >= 4 is 5.91 Å². The molecule has 1 aromatic carbocycles. The maximum Gasteiger partial charge on any atom is 0.254 e. The molecule has 7 heteroatoms. The minimum Gasteiger partial charge on any atom is -0.351 e. The van der Waals surface area contributed by atoms with Crippen LogP contribution in [0.4, 0.5) is 8.78 Å². The van der Waals surface area contributed by atoms with Crippen molar-refractivity contribution < 1.29 is 13.6 Å². The molecular formula is C16H18F2N4O. The smallest absolute Gasteiger partial charge is 0.254 e. The third-order valence-corrected chi connectivity index (χ3v) is 3.99. The Bertz CT molecular complexity index is 714. The van der Waals surface area contributed by atoms with Crippen molar-refractivity contribution in [2.75, 3.05) is 6.54 Å². The number of aromatic nitrogens is 3. The molecule has 1 aliphatic rings. The van der Waals surface area contributed by atoms with Crippen LogP contribution < -0.4 is 5.32 Å². The molecule has 0 radical (unpaired) electrons. The molecule has 5 nitrogen and oxygen atoms in total. The largest absolute Gasteiger partial charge is 0.351 e. The maximum atomic E-state index is 13.5. The molecule has 1 N–H and O–H groups in total. The summed E-state index contributed by atoms with van der Waals surface area (Å²) in [4.78, 5) is 11.9. The van der Waals surface area contributed by atoms with Crippen LogP contribution in [0.2, 0.25) is 0 Å². The lowest BCUT2D eigenvalue weighted by atomic mass is 10.2.